The molecule has 30 heavy (non-hydrogen) atoms. The number of amides is 1. The lowest BCUT2D eigenvalue weighted by atomic mass is 10.1. The number of aromatic nitrogens is 3. The highest BCUT2D eigenvalue weighted by molar-refractivity contribution is 5.88. The summed E-state index contributed by atoms with van der Waals surface area (Å²) in [4.78, 5) is 26.5. The highest BCUT2D eigenvalue weighted by Crippen LogP contribution is 2.25. The van der Waals surface area contributed by atoms with E-state index in [4.69, 9.17) is 9.47 Å². The van der Waals surface area contributed by atoms with Crippen LogP contribution < -0.4 is 15.0 Å². The highest BCUT2D eigenvalue weighted by Gasteiger charge is 2.33. The molecule has 0 bridgehead atoms. The van der Waals surface area contributed by atoms with Crippen molar-refractivity contribution in [1.29, 1.82) is 0 Å². The quantitative estimate of drug-likeness (QED) is 0.646. The van der Waals surface area contributed by atoms with Crippen LogP contribution in [0.15, 0.2) is 54.6 Å². The van der Waals surface area contributed by atoms with E-state index in [9.17, 15) is 4.79 Å². The van der Waals surface area contributed by atoms with Crippen LogP contribution in [-0.2, 0) is 4.74 Å². The lowest BCUT2D eigenvalue weighted by molar-refractivity contribution is 0.179. The van der Waals surface area contributed by atoms with Crippen molar-refractivity contribution in [1.82, 2.24) is 15.0 Å². The van der Waals surface area contributed by atoms with Crippen molar-refractivity contribution in [3.63, 3.8) is 0 Å². The van der Waals surface area contributed by atoms with Crippen LogP contribution in [0.25, 0.3) is 0 Å². The van der Waals surface area contributed by atoms with Crippen molar-refractivity contribution in [3.8, 4) is 11.5 Å². The Morgan fingerprint density at radius 2 is 1.77 bits per heavy atom. The number of carbonyl (C=O) groups excluding carboxylic acids is 1. The van der Waals surface area contributed by atoms with Gasteiger partial charge in [-0.25, -0.2) is 9.69 Å². The number of para-hydroxylation sites is 1. The fourth-order valence-corrected chi connectivity index (χ4v) is 3.16. The van der Waals surface area contributed by atoms with E-state index in [1.54, 1.807) is 6.92 Å². The van der Waals surface area contributed by atoms with Crippen molar-refractivity contribution in [2.24, 2.45) is 0 Å². The molecule has 2 heterocycles. The number of cyclic esters (lactones) is 1. The van der Waals surface area contributed by atoms with Gasteiger partial charge in [-0.1, -0.05) is 30.3 Å². The lowest BCUT2D eigenvalue weighted by Gasteiger charge is -2.19. The highest BCUT2D eigenvalue weighted by atomic mass is 16.6. The second kappa shape index (κ2) is 8.36. The molecular weight excluding hydrogens is 382 g/mol. The van der Waals surface area contributed by atoms with Crippen LogP contribution in [0.2, 0.25) is 0 Å². The zero-order valence-electron chi connectivity index (χ0n) is 17.1. The Morgan fingerprint density at radius 3 is 2.43 bits per heavy atom. The number of nitrogens with zero attached hydrogens (tertiary/aromatic N) is 4. The smallest absolute Gasteiger partial charge is 0.417 e. The number of anilines is 2. The minimum atomic E-state index is -0.443. The monoisotopic (exact) mass is 405 g/mol. The fraction of sp³-hybridized carbons (Fsp3) is 0.273. The molecule has 154 valence electrons. The summed E-state index contributed by atoms with van der Waals surface area (Å²) in [5.74, 6) is 2.77. The standard InChI is InChI=1S/C22H23N5O3/c1-14-13-29-22(28)27(14)21-25-16(3)24-20(26-21)23-15(2)17-9-11-19(12-10-17)30-18-7-5-4-6-8-18/h4-12,14-15H,13H2,1-3H3,(H,23,24,25,26)/t14-,15?/m0/s1. The van der Waals surface area contributed by atoms with Crippen molar-refractivity contribution >= 4 is 18.0 Å². The largest absolute Gasteiger partial charge is 0.457 e. The molecule has 1 aliphatic heterocycles. The van der Waals surface area contributed by atoms with Gasteiger partial charge in [0.2, 0.25) is 11.9 Å². The summed E-state index contributed by atoms with van der Waals surface area (Å²) in [6, 6.07) is 17.3. The van der Waals surface area contributed by atoms with E-state index in [1.807, 2.05) is 68.4 Å². The van der Waals surface area contributed by atoms with E-state index < -0.39 is 6.09 Å². The molecule has 1 aliphatic rings. The summed E-state index contributed by atoms with van der Waals surface area (Å²) < 4.78 is 10.9. The number of hydrogen-bond acceptors (Lipinski definition) is 7. The zero-order chi connectivity index (χ0) is 21.1. The Labute approximate surface area is 174 Å². The molecule has 8 heteroatoms. The Hall–Kier alpha value is -3.68. The van der Waals surface area contributed by atoms with Crippen LogP contribution >= 0.6 is 0 Å². The van der Waals surface area contributed by atoms with Crippen molar-refractivity contribution in [3.05, 3.63) is 66.0 Å². The maximum absolute atomic E-state index is 12.0. The van der Waals surface area contributed by atoms with Crippen molar-refractivity contribution in [2.45, 2.75) is 32.9 Å². The second-order valence-corrected chi connectivity index (χ2v) is 7.15. The molecule has 1 N–H and O–H groups in total. The molecule has 1 aromatic heterocycles. The van der Waals surface area contributed by atoms with Gasteiger partial charge in [0.15, 0.2) is 0 Å². The minimum Gasteiger partial charge on any atom is -0.457 e. The molecule has 8 nitrogen and oxygen atoms in total. The molecule has 0 spiro atoms. The predicted molar refractivity (Wildman–Crippen MR) is 113 cm³/mol. The van der Waals surface area contributed by atoms with Crippen LogP contribution in [0.3, 0.4) is 0 Å². The van der Waals surface area contributed by atoms with Gasteiger partial charge in [0.1, 0.15) is 23.9 Å². The SMILES string of the molecule is Cc1nc(NC(C)c2ccc(Oc3ccccc3)cc2)nc(N2C(=O)OC[C@@H]2C)n1. The molecule has 1 unspecified atom stereocenters. The zero-order valence-corrected chi connectivity index (χ0v) is 17.1. The average molecular weight is 405 g/mol. The summed E-state index contributed by atoms with van der Waals surface area (Å²) in [5, 5.41) is 3.28. The van der Waals surface area contributed by atoms with E-state index in [2.05, 4.69) is 20.3 Å². The molecule has 1 amide bonds. The van der Waals surface area contributed by atoms with Gasteiger partial charge in [-0.05, 0) is 50.6 Å². The lowest BCUT2D eigenvalue weighted by Crippen LogP contribution is -2.33. The molecule has 0 aliphatic carbocycles. The van der Waals surface area contributed by atoms with Gasteiger partial charge in [-0.3, -0.25) is 0 Å². The molecule has 3 aromatic rings. The van der Waals surface area contributed by atoms with Crippen molar-refractivity contribution < 1.29 is 14.3 Å². The molecular formula is C22H23N5O3. The normalized spacial score (nSPS) is 16.8. The first kappa shape index (κ1) is 19.6. The van der Waals surface area contributed by atoms with Gasteiger partial charge in [0.25, 0.3) is 0 Å². The van der Waals surface area contributed by atoms with E-state index >= 15 is 0 Å². The first-order valence-corrected chi connectivity index (χ1v) is 9.77. The average Bonchev–Trinajstić information content (AvgIpc) is 3.07. The van der Waals surface area contributed by atoms with E-state index in [-0.39, 0.29) is 12.1 Å². The van der Waals surface area contributed by atoms with Crippen LogP contribution in [-0.4, -0.2) is 33.7 Å². The summed E-state index contributed by atoms with van der Waals surface area (Å²) in [5.41, 5.74) is 1.05. The van der Waals surface area contributed by atoms with E-state index in [0.29, 0.717) is 24.3 Å². The van der Waals surface area contributed by atoms with E-state index in [0.717, 1.165) is 17.1 Å². The van der Waals surface area contributed by atoms with Crippen LogP contribution in [0.1, 0.15) is 31.3 Å². The number of hydrogen-bond donors (Lipinski definition) is 1. The maximum Gasteiger partial charge on any atom is 0.417 e. The fourth-order valence-electron chi connectivity index (χ4n) is 3.16. The summed E-state index contributed by atoms with van der Waals surface area (Å²) in [6.45, 7) is 5.99. The molecule has 0 saturated carbocycles. The third kappa shape index (κ3) is 4.32. The number of benzene rings is 2. The summed E-state index contributed by atoms with van der Waals surface area (Å²) in [7, 11) is 0. The predicted octanol–water partition coefficient (Wildman–Crippen LogP) is 4.49. The molecule has 0 radical (unpaired) electrons. The Bertz CT molecular complexity index is 1030. The molecule has 2 aromatic carbocycles. The van der Waals surface area contributed by atoms with Gasteiger partial charge in [0.05, 0.1) is 12.1 Å². The first-order chi connectivity index (χ1) is 14.5. The third-order valence-corrected chi connectivity index (χ3v) is 4.74. The second-order valence-electron chi connectivity index (χ2n) is 7.15. The van der Waals surface area contributed by atoms with Crippen LogP contribution in [0.5, 0.6) is 11.5 Å². The Balaban J connectivity index is 1.47. The topological polar surface area (TPSA) is 89.5 Å². The van der Waals surface area contributed by atoms with E-state index in [1.165, 1.54) is 4.90 Å². The van der Waals surface area contributed by atoms with Gasteiger partial charge in [0, 0.05) is 0 Å². The molecule has 1 saturated heterocycles. The molecule has 2 atom stereocenters. The maximum atomic E-state index is 12.0. The molecule has 4 rings (SSSR count). The number of carbonyl (C=O) groups is 1. The van der Waals surface area contributed by atoms with Gasteiger partial charge >= 0.3 is 6.09 Å². The van der Waals surface area contributed by atoms with Crippen molar-refractivity contribution in [2.75, 3.05) is 16.8 Å². The summed E-state index contributed by atoms with van der Waals surface area (Å²) >= 11 is 0. The molecule has 1 fully saturated rings. The number of ether oxygens (including phenoxy) is 2. The number of aryl methyl sites for hydroxylation is 1. The number of rotatable bonds is 6. The number of nitrogens with one attached hydrogen (secondary N) is 1. The van der Waals surface area contributed by atoms with Crippen LogP contribution in [0.4, 0.5) is 16.7 Å². The van der Waals surface area contributed by atoms with Gasteiger partial charge < -0.3 is 14.8 Å². The minimum absolute atomic E-state index is 0.0617. The van der Waals surface area contributed by atoms with Gasteiger partial charge in [-0.15, -0.1) is 0 Å². The summed E-state index contributed by atoms with van der Waals surface area (Å²) in [6.07, 6.45) is -0.443. The Kier molecular flexibility index (Phi) is 5.47. The first-order valence-electron chi connectivity index (χ1n) is 9.77. The van der Waals surface area contributed by atoms with Crippen LogP contribution in [0, 0.1) is 6.92 Å². The Morgan fingerprint density at radius 1 is 1.07 bits per heavy atom. The van der Waals surface area contributed by atoms with Gasteiger partial charge in [-0.2, -0.15) is 15.0 Å². The third-order valence-electron chi connectivity index (χ3n) is 4.74.